The molecule has 0 bridgehead atoms. The van der Waals surface area contributed by atoms with Crippen LogP contribution in [0.4, 0.5) is 19.3 Å². The van der Waals surface area contributed by atoms with E-state index in [0.29, 0.717) is 11.3 Å². The number of benzene rings is 3. The van der Waals surface area contributed by atoms with Crippen LogP contribution in [0.3, 0.4) is 0 Å². The van der Waals surface area contributed by atoms with E-state index in [1.54, 1.807) is 54.6 Å². The number of carbonyl (C=O) groups is 2. The molecule has 5 N–H and O–H groups in total. The van der Waals surface area contributed by atoms with Gasteiger partial charge in [-0.3, -0.25) is 4.79 Å². The number of carbonyl (C=O) groups excluding carboxylic acids is 1. The lowest BCUT2D eigenvalue weighted by Crippen LogP contribution is -2.50. The lowest BCUT2D eigenvalue weighted by molar-refractivity contribution is -0.137. The van der Waals surface area contributed by atoms with Gasteiger partial charge in [0.25, 0.3) is 0 Å². The van der Waals surface area contributed by atoms with E-state index in [1.807, 2.05) is 0 Å². The van der Waals surface area contributed by atoms with Crippen molar-refractivity contribution in [2.75, 3.05) is 11.9 Å². The van der Waals surface area contributed by atoms with Crippen LogP contribution < -0.4 is 16.0 Å². The Labute approximate surface area is 215 Å². The number of hydrogen-bond acceptors (Lipinski definition) is 4. The van der Waals surface area contributed by atoms with Gasteiger partial charge in [-0.2, -0.15) is 0 Å². The van der Waals surface area contributed by atoms with Crippen LogP contribution in [-0.4, -0.2) is 40.9 Å². The molecule has 0 saturated heterocycles. The van der Waals surface area contributed by atoms with Gasteiger partial charge in [-0.1, -0.05) is 46.3 Å². The highest BCUT2D eigenvalue weighted by molar-refractivity contribution is 9.10. The van der Waals surface area contributed by atoms with E-state index in [1.165, 1.54) is 0 Å². The summed E-state index contributed by atoms with van der Waals surface area (Å²) in [5.74, 6) is -2.59. The maximum Gasteiger partial charge on any atom is 0.319 e. The Balaban J connectivity index is 1.75. The number of halogens is 3. The van der Waals surface area contributed by atoms with Gasteiger partial charge in [0, 0.05) is 28.8 Å². The van der Waals surface area contributed by atoms with Crippen molar-refractivity contribution in [1.82, 2.24) is 10.6 Å². The van der Waals surface area contributed by atoms with Gasteiger partial charge in [-0.05, 0) is 53.9 Å². The molecule has 7 nitrogen and oxygen atoms in total. The van der Waals surface area contributed by atoms with E-state index in [4.69, 9.17) is 0 Å². The molecule has 10 heteroatoms. The maximum absolute atomic E-state index is 13.8. The van der Waals surface area contributed by atoms with Crippen molar-refractivity contribution in [2.45, 2.75) is 31.0 Å². The van der Waals surface area contributed by atoms with Gasteiger partial charge in [-0.25, -0.2) is 13.6 Å². The third-order valence-electron chi connectivity index (χ3n) is 5.39. The quantitative estimate of drug-likeness (QED) is 0.234. The molecule has 0 unspecified atom stereocenters. The number of anilines is 1. The minimum Gasteiger partial charge on any atom is -0.481 e. The van der Waals surface area contributed by atoms with Gasteiger partial charge in [-0.15, -0.1) is 0 Å². The van der Waals surface area contributed by atoms with Crippen molar-refractivity contribution in [1.29, 1.82) is 0 Å². The van der Waals surface area contributed by atoms with Crippen molar-refractivity contribution in [3.8, 4) is 0 Å². The van der Waals surface area contributed by atoms with Crippen LogP contribution in [0.15, 0.2) is 77.3 Å². The molecule has 190 valence electrons. The van der Waals surface area contributed by atoms with Gasteiger partial charge in [0.2, 0.25) is 0 Å². The minimum atomic E-state index is -1.22. The van der Waals surface area contributed by atoms with Crippen LogP contribution in [0.2, 0.25) is 0 Å². The first-order valence-electron chi connectivity index (χ1n) is 11.2. The number of aliphatic hydroxyl groups excluding tert-OH is 1. The number of amides is 2. The lowest BCUT2D eigenvalue weighted by atomic mass is 9.99. The molecule has 0 aliphatic rings. The van der Waals surface area contributed by atoms with Crippen LogP contribution in [0, 0.1) is 11.6 Å². The number of hydrogen-bond donors (Lipinski definition) is 5. The molecule has 0 spiro atoms. The first-order chi connectivity index (χ1) is 17.2. The molecular weight excluding hydrogens is 536 g/mol. The number of rotatable bonds is 11. The number of aliphatic carboxylic acids is 1. The smallest absolute Gasteiger partial charge is 0.319 e. The number of carboxylic acid groups (broad SMARTS) is 1. The second kappa shape index (κ2) is 13.1. The zero-order chi connectivity index (χ0) is 26.1. The molecule has 0 aromatic heterocycles. The predicted octanol–water partition coefficient (Wildman–Crippen LogP) is 4.63. The molecule has 3 aromatic rings. The molecular formula is C26H26BrF2N3O4. The highest BCUT2D eigenvalue weighted by atomic mass is 79.9. The van der Waals surface area contributed by atoms with Crippen molar-refractivity contribution in [2.24, 2.45) is 0 Å². The van der Waals surface area contributed by atoms with E-state index in [2.05, 4.69) is 31.9 Å². The molecule has 0 fully saturated rings. The molecule has 3 atom stereocenters. The Morgan fingerprint density at radius 3 is 2.28 bits per heavy atom. The number of nitrogens with one attached hydrogen (secondary N) is 3. The second-order valence-corrected chi connectivity index (χ2v) is 9.15. The maximum atomic E-state index is 13.8. The molecule has 0 radical (unpaired) electrons. The van der Waals surface area contributed by atoms with Gasteiger partial charge in [0.1, 0.15) is 11.6 Å². The van der Waals surface area contributed by atoms with E-state index < -0.39 is 41.8 Å². The SMILES string of the molecule is O=C(O)C[C@H](NC[C@@H](O)[C@H](Cc1cc(F)cc(F)c1)NC(=O)Nc1ccccc1)c1cccc(Br)c1. The fraction of sp³-hybridized carbons (Fsp3) is 0.231. The summed E-state index contributed by atoms with van der Waals surface area (Å²) in [5, 5.41) is 28.6. The Bertz CT molecular complexity index is 1160. The Kier molecular flexibility index (Phi) is 9.92. The molecule has 0 aliphatic heterocycles. The number of carboxylic acids is 1. The van der Waals surface area contributed by atoms with E-state index in [0.717, 1.165) is 22.7 Å². The average molecular weight is 562 g/mol. The summed E-state index contributed by atoms with van der Waals surface area (Å²) < 4.78 is 28.3. The molecule has 0 saturated carbocycles. The summed E-state index contributed by atoms with van der Waals surface area (Å²) in [6.45, 7) is -0.0987. The number of para-hydroxylation sites is 1. The fourth-order valence-corrected chi connectivity index (χ4v) is 4.15. The highest BCUT2D eigenvalue weighted by Gasteiger charge is 2.25. The minimum absolute atomic E-state index is 0.0692. The third-order valence-corrected chi connectivity index (χ3v) is 5.89. The summed E-state index contributed by atoms with van der Waals surface area (Å²) in [7, 11) is 0. The molecule has 2 amide bonds. The third kappa shape index (κ3) is 8.71. The Morgan fingerprint density at radius 2 is 1.64 bits per heavy atom. The topological polar surface area (TPSA) is 111 Å². The van der Waals surface area contributed by atoms with Crippen LogP contribution in [0.5, 0.6) is 0 Å². The van der Waals surface area contributed by atoms with Crippen LogP contribution >= 0.6 is 15.9 Å². The van der Waals surface area contributed by atoms with E-state index >= 15 is 0 Å². The summed E-state index contributed by atoms with van der Waals surface area (Å²) in [4.78, 5) is 24.0. The molecule has 36 heavy (non-hydrogen) atoms. The highest BCUT2D eigenvalue weighted by Crippen LogP contribution is 2.21. The second-order valence-electron chi connectivity index (χ2n) is 8.23. The van der Waals surface area contributed by atoms with Crippen LogP contribution in [0.1, 0.15) is 23.6 Å². The first kappa shape index (κ1) is 27.3. The van der Waals surface area contributed by atoms with Crippen molar-refractivity contribution in [3.63, 3.8) is 0 Å². The summed E-state index contributed by atoms with van der Waals surface area (Å²) in [6, 6.07) is 16.5. The predicted molar refractivity (Wildman–Crippen MR) is 136 cm³/mol. The van der Waals surface area contributed by atoms with Gasteiger partial charge >= 0.3 is 12.0 Å². The normalized spacial score (nSPS) is 13.4. The standard InChI is InChI=1S/C26H26BrF2N3O4/c27-18-6-4-5-17(12-18)22(14-25(34)35)30-15-24(33)23(11-16-9-19(28)13-20(29)10-16)32-26(36)31-21-7-2-1-3-8-21/h1-10,12-13,22-24,30,33H,11,14-15H2,(H,34,35)(H2,31,32,36)/t22-,23-,24+/m0/s1. The average Bonchev–Trinajstić information content (AvgIpc) is 2.81. The number of urea groups is 1. The van der Waals surface area contributed by atoms with E-state index in [9.17, 15) is 28.6 Å². The Hall–Kier alpha value is -3.34. The van der Waals surface area contributed by atoms with Crippen LogP contribution in [0.25, 0.3) is 0 Å². The van der Waals surface area contributed by atoms with Crippen molar-refractivity contribution >= 4 is 33.6 Å². The van der Waals surface area contributed by atoms with Crippen molar-refractivity contribution < 1.29 is 28.6 Å². The molecule has 3 rings (SSSR count). The fourth-order valence-electron chi connectivity index (χ4n) is 3.73. The molecule has 0 heterocycles. The van der Waals surface area contributed by atoms with Gasteiger partial charge in [0.05, 0.1) is 18.6 Å². The first-order valence-corrected chi connectivity index (χ1v) is 11.9. The monoisotopic (exact) mass is 561 g/mol. The summed E-state index contributed by atoms with van der Waals surface area (Å²) >= 11 is 3.36. The van der Waals surface area contributed by atoms with Gasteiger partial charge < -0.3 is 26.2 Å². The largest absolute Gasteiger partial charge is 0.481 e. The zero-order valence-electron chi connectivity index (χ0n) is 19.1. The number of aliphatic hydroxyl groups is 1. The van der Waals surface area contributed by atoms with E-state index in [-0.39, 0.29) is 24.9 Å². The Morgan fingerprint density at radius 1 is 0.944 bits per heavy atom. The zero-order valence-corrected chi connectivity index (χ0v) is 20.7. The van der Waals surface area contributed by atoms with Gasteiger partial charge in [0.15, 0.2) is 0 Å². The summed E-state index contributed by atoms with van der Waals surface area (Å²) in [6.07, 6.45) is -1.54. The van der Waals surface area contributed by atoms with Crippen molar-refractivity contribution in [3.05, 3.63) is 100 Å². The molecule has 3 aromatic carbocycles. The molecule has 0 aliphatic carbocycles. The van der Waals surface area contributed by atoms with Crippen LogP contribution in [-0.2, 0) is 11.2 Å². The lowest BCUT2D eigenvalue weighted by Gasteiger charge is -2.27. The summed E-state index contributed by atoms with van der Waals surface area (Å²) in [5.41, 5.74) is 1.46.